The van der Waals surface area contributed by atoms with Crippen LogP contribution in [0, 0.1) is 0 Å². The summed E-state index contributed by atoms with van der Waals surface area (Å²) in [6.07, 6.45) is 1.42. The quantitative estimate of drug-likeness (QED) is 0.713. The molecule has 0 radical (unpaired) electrons. The van der Waals surface area contributed by atoms with Crippen LogP contribution in [0.2, 0.25) is 0 Å². The third kappa shape index (κ3) is 3.92. The SMILES string of the molecule is COc1ccccc1CNC(=O)c1ccccc1NC(=O)c1ccco1. The van der Waals surface area contributed by atoms with Crippen molar-refractivity contribution in [2.24, 2.45) is 0 Å². The van der Waals surface area contributed by atoms with E-state index in [0.717, 1.165) is 5.56 Å². The highest BCUT2D eigenvalue weighted by Crippen LogP contribution is 2.19. The Balaban J connectivity index is 1.72. The molecule has 2 amide bonds. The molecule has 0 aliphatic heterocycles. The highest BCUT2D eigenvalue weighted by Gasteiger charge is 2.15. The van der Waals surface area contributed by atoms with E-state index in [1.165, 1.54) is 6.26 Å². The number of hydrogen-bond donors (Lipinski definition) is 2. The van der Waals surface area contributed by atoms with Crippen molar-refractivity contribution in [3.8, 4) is 5.75 Å². The smallest absolute Gasteiger partial charge is 0.291 e. The summed E-state index contributed by atoms with van der Waals surface area (Å²) >= 11 is 0. The molecule has 3 aromatic rings. The molecule has 1 heterocycles. The number of nitrogens with one attached hydrogen (secondary N) is 2. The summed E-state index contributed by atoms with van der Waals surface area (Å²) in [5, 5.41) is 5.54. The van der Waals surface area contributed by atoms with Crippen molar-refractivity contribution in [2.45, 2.75) is 6.54 Å². The van der Waals surface area contributed by atoms with Gasteiger partial charge in [0.15, 0.2) is 5.76 Å². The molecule has 0 saturated heterocycles. The minimum atomic E-state index is -0.417. The number of rotatable bonds is 6. The summed E-state index contributed by atoms with van der Waals surface area (Å²) < 4.78 is 10.4. The van der Waals surface area contributed by atoms with Gasteiger partial charge in [0, 0.05) is 12.1 Å². The second kappa shape index (κ2) is 8.02. The van der Waals surface area contributed by atoms with Crippen LogP contribution in [-0.4, -0.2) is 18.9 Å². The average molecular weight is 350 g/mol. The van der Waals surface area contributed by atoms with Crippen molar-refractivity contribution in [3.05, 3.63) is 83.8 Å². The van der Waals surface area contributed by atoms with Crippen LogP contribution in [0.5, 0.6) is 5.75 Å². The van der Waals surface area contributed by atoms with Crippen molar-refractivity contribution in [3.63, 3.8) is 0 Å². The number of carbonyl (C=O) groups excluding carboxylic acids is 2. The summed E-state index contributed by atoms with van der Waals surface area (Å²) in [7, 11) is 1.58. The molecule has 26 heavy (non-hydrogen) atoms. The van der Waals surface area contributed by atoms with Gasteiger partial charge in [-0.05, 0) is 30.3 Å². The zero-order valence-corrected chi connectivity index (χ0v) is 14.2. The molecule has 0 unspecified atom stereocenters. The molecular weight excluding hydrogens is 332 g/mol. The van der Waals surface area contributed by atoms with Crippen molar-refractivity contribution in [2.75, 3.05) is 12.4 Å². The number of anilines is 1. The Kier molecular flexibility index (Phi) is 5.34. The molecule has 6 nitrogen and oxygen atoms in total. The van der Waals surface area contributed by atoms with E-state index in [1.54, 1.807) is 43.5 Å². The molecule has 0 fully saturated rings. The van der Waals surface area contributed by atoms with E-state index < -0.39 is 5.91 Å². The summed E-state index contributed by atoms with van der Waals surface area (Å²) in [5.74, 6) is 0.160. The molecule has 2 aromatic carbocycles. The maximum Gasteiger partial charge on any atom is 0.291 e. The van der Waals surface area contributed by atoms with Gasteiger partial charge in [-0.3, -0.25) is 9.59 Å². The lowest BCUT2D eigenvalue weighted by atomic mass is 10.1. The zero-order chi connectivity index (χ0) is 18.4. The van der Waals surface area contributed by atoms with Gasteiger partial charge >= 0.3 is 0 Å². The molecule has 0 saturated carbocycles. The third-order valence-electron chi connectivity index (χ3n) is 3.80. The van der Waals surface area contributed by atoms with E-state index in [4.69, 9.17) is 9.15 Å². The Morgan fingerprint density at radius 2 is 1.73 bits per heavy atom. The van der Waals surface area contributed by atoms with Crippen molar-refractivity contribution >= 4 is 17.5 Å². The van der Waals surface area contributed by atoms with E-state index in [2.05, 4.69) is 10.6 Å². The van der Waals surface area contributed by atoms with Crippen LogP contribution in [0.3, 0.4) is 0 Å². The Hall–Kier alpha value is -3.54. The lowest BCUT2D eigenvalue weighted by molar-refractivity contribution is 0.0951. The number of methoxy groups -OCH3 is 1. The van der Waals surface area contributed by atoms with E-state index in [0.29, 0.717) is 23.5 Å². The fourth-order valence-electron chi connectivity index (χ4n) is 2.50. The molecule has 3 rings (SSSR count). The molecule has 2 N–H and O–H groups in total. The summed E-state index contributed by atoms with van der Waals surface area (Å²) in [4.78, 5) is 24.7. The Labute approximate surface area is 150 Å². The van der Waals surface area contributed by atoms with Gasteiger partial charge in [0.05, 0.1) is 24.6 Å². The second-order valence-corrected chi connectivity index (χ2v) is 5.47. The molecule has 0 bridgehead atoms. The minimum absolute atomic E-state index is 0.175. The lowest BCUT2D eigenvalue weighted by Crippen LogP contribution is -2.25. The number of hydrogen-bond acceptors (Lipinski definition) is 4. The second-order valence-electron chi connectivity index (χ2n) is 5.47. The van der Waals surface area contributed by atoms with Crippen LogP contribution in [0.15, 0.2) is 71.3 Å². The Bertz CT molecular complexity index is 904. The standard InChI is InChI=1S/C20H18N2O4/c1-25-17-10-5-2-7-14(17)13-21-19(23)15-8-3-4-9-16(15)22-20(24)18-11-6-12-26-18/h2-12H,13H2,1H3,(H,21,23)(H,22,24). The van der Waals surface area contributed by atoms with Crippen molar-refractivity contribution in [1.82, 2.24) is 5.32 Å². The van der Waals surface area contributed by atoms with Gasteiger partial charge in [-0.2, -0.15) is 0 Å². The highest BCUT2D eigenvalue weighted by atomic mass is 16.5. The van der Waals surface area contributed by atoms with Crippen molar-refractivity contribution in [1.29, 1.82) is 0 Å². The van der Waals surface area contributed by atoms with E-state index >= 15 is 0 Å². The van der Waals surface area contributed by atoms with Gasteiger partial charge in [0.25, 0.3) is 11.8 Å². The van der Waals surface area contributed by atoms with Crippen LogP contribution in [0.4, 0.5) is 5.69 Å². The fraction of sp³-hybridized carbons (Fsp3) is 0.100. The number of furan rings is 1. The van der Waals surface area contributed by atoms with Crippen LogP contribution in [0.1, 0.15) is 26.5 Å². The molecule has 0 aliphatic carbocycles. The first-order valence-corrected chi connectivity index (χ1v) is 8.03. The first kappa shape index (κ1) is 17.3. The molecule has 0 aliphatic rings. The number of benzene rings is 2. The maximum absolute atomic E-state index is 12.6. The van der Waals surface area contributed by atoms with E-state index in [-0.39, 0.29) is 11.7 Å². The highest BCUT2D eigenvalue weighted by molar-refractivity contribution is 6.07. The predicted octanol–water partition coefficient (Wildman–Crippen LogP) is 3.47. The van der Waals surface area contributed by atoms with E-state index in [9.17, 15) is 9.59 Å². The largest absolute Gasteiger partial charge is 0.496 e. The van der Waals surface area contributed by atoms with Crippen LogP contribution in [0.25, 0.3) is 0 Å². The lowest BCUT2D eigenvalue weighted by Gasteiger charge is -2.12. The van der Waals surface area contributed by atoms with Gasteiger partial charge in [-0.15, -0.1) is 0 Å². The van der Waals surface area contributed by atoms with Crippen LogP contribution in [-0.2, 0) is 6.54 Å². The summed E-state index contributed by atoms with van der Waals surface area (Å²) in [6.45, 7) is 0.309. The molecule has 1 aromatic heterocycles. The van der Waals surface area contributed by atoms with Crippen LogP contribution >= 0.6 is 0 Å². The van der Waals surface area contributed by atoms with Gasteiger partial charge < -0.3 is 19.8 Å². The Morgan fingerprint density at radius 1 is 0.962 bits per heavy atom. The van der Waals surface area contributed by atoms with E-state index in [1.807, 2.05) is 24.3 Å². The molecule has 0 atom stereocenters. The number of amides is 2. The molecule has 132 valence electrons. The molecule has 6 heteroatoms. The molecule has 0 spiro atoms. The fourth-order valence-corrected chi connectivity index (χ4v) is 2.50. The first-order valence-electron chi connectivity index (χ1n) is 8.03. The molecular formula is C20H18N2O4. The maximum atomic E-state index is 12.6. The van der Waals surface area contributed by atoms with Gasteiger partial charge in [-0.1, -0.05) is 30.3 Å². The average Bonchev–Trinajstić information content (AvgIpc) is 3.21. The van der Waals surface area contributed by atoms with Gasteiger partial charge in [0.1, 0.15) is 5.75 Å². The number of carbonyl (C=O) groups is 2. The van der Waals surface area contributed by atoms with Gasteiger partial charge in [-0.25, -0.2) is 0 Å². The monoisotopic (exact) mass is 350 g/mol. The summed E-state index contributed by atoms with van der Waals surface area (Å²) in [5.41, 5.74) is 1.63. The van der Waals surface area contributed by atoms with Gasteiger partial charge in [0.2, 0.25) is 0 Å². The summed E-state index contributed by atoms with van der Waals surface area (Å²) in [6, 6.07) is 17.4. The van der Waals surface area contributed by atoms with Crippen LogP contribution < -0.4 is 15.4 Å². The zero-order valence-electron chi connectivity index (χ0n) is 14.2. The predicted molar refractivity (Wildman–Crippen MR) is 97.3 cm³/mol. The third-order valence-corrected chi connectivity index (χ3v) is 3.80. The number of ether oxygens (including phenoxy) is 1. The number of para-hydroxylation sites is 2. The minimum Gasteiger partial charge on any atom is -0.496 e. The first-order chi connectivity index (χ1) is 12.7. The normalized spacial score (nSPS) is 10.2. The Morgan fingerprint density at radius 3 is 2.50 bits per heavy atom. The van der Waals surface area contributed by atoms with Crippen molar-refractivity contribution < 1.29 is 18.7 Å². The topological polar surface area (TPSA) is 80.6 Å².